The van der Waals surface area contributed by atoms with Gasteiger partial charge in [-0.25, -0.2) is 4.98 Å². The van der Waals surface area contributed by atoms with E-state index in [9.17, 15) is 9.59 Å². The van der Waals surface area contributed by atoms with Gasteiger partial charge in [-0.3, -0.25) is 9.59 Å². The number of piperidine rings is 1. The Labute approximate surface area is 161 Å². The van der Waals surface area contributed by atoms with E-state index in [1.165, 1.54) is 12.8 Å². The van der Waals surface area contributed by atoms with Crippen LogP contribution in [0.1, 0.15) is 51.9 Å². The quantitative estimate of drug-likeness (QED) is 0.845. The van der Waals surface area contributed by atoms with Gasteiger partial charge in [0.05, 0.1) is 0 Å². The van der Waals surface area contributed by atoms with Crippen LogP contribution in [0.15, 0.2) is 17.2 Å². The van der Waals surface area contributed by atoms with E-state index in [1.54, 1.807) is 24.0 Å². The fraction of sp³-hybridized carbons (Fsp3) is 0.750. The monoisotopic (exact) mass is 375 g/mol. The van der Waals surface area contributed by atoms with Crippen LogP contribution in [-0.2, 0) is 11.8 Å². The minimum atomic E-state index is -0.0532. The van der Waals surface area contributed by atoms with Crippen LogP contribution in [0.25, 0.3) is 0 Å². The summed E-state index contributed by atoms with van der Waals surface area (Å²) in [4.78, 5) is 33.3. The molecular formula is C20H33N5O2. The van der Waals surface area contributed by atoms with Gasteiger partial charge in [-0.2, -0.15) is 0 Å². The van der Waals surface area contributed by atoms with E-state index >= 15 is 0 Å². The molecule has 0 aromatic carbocycles. The topological polar surface area (TPSA) is 70.5 Å². The number of hydrogen-bond donors (Lipinski definition) is 1. The summed E-state index contributed by atoms with van der Waals surface area (Å²) in [6.45, 7) is 5.52. The lowest BCUT2D eigenvalue weighted by molar-refractivity contribution is -0.131. The summed E-state index contributed by atoms with van der Waals surface area (Å²) in [5, 5.41) is 3.61. The van der Waals surface area contributed by atoms with Crippen LogP contribution in [-0.4, -0.2) is 58.6 Å². The Morgan fingerprint density at radius 1 is 1.22 bits per heavy atom. The third kappa shape index (κ3) is 5.31. The van der Waals surface area contributed by atoms with Crippen molar-refractivity contribution in [2.75, 3.05) is 31.1 Å². The number of anilines is 1. The third-order valence-corrected chi connectivity index (χ3v) is 5.68. The van der Waals surface area contributed by atoms with E-state index in [0.717, 1.165) is 51.9 Å². The van der Waals surface area contributed by atoms with Gasteiger partial charge in [0, 0.05) is 64.1 Å². The molecular weight excluding hydrogens is 342 g/mol. The second-order valence-electron chi connectivity index (χ2n) is 8.02. The van der Waals surface area contributed by atoms with E-state index in [4.69, 9.17) is 0 Å². The van der Waals surface area contributed by atoms with Crippen LogP contribution in [0.3, 0.4) is 0 Å². The Morgan fingerprint density at radius 3 is 2.70 bits per heavy atom. The van der Waals surface area contributed by atoms with Crippen molar-refractivity contribution in [2.24, 2.45) is 7.05 Å². The smallest absolute Gasteiger partial charge is 0.293 e. The Kier molecular flexibility index (Phi) is 6.88. The van der Waals surface area contributed by atoms with E-state index in [-0.39, 0.29) is 23.6 Å². The molecule has 2 aliphatic heterocycles. The highest BCUT2D eigenvalue weighted by Gasteiger charge is 2.25. The van der Waals surface area contributed by atoms with Gasteiger partial charge >= 0.3 is 0 Å². The normalized spacial score (nSPS) is 22.4. The van der Waals surface area contributed by atoms with Gasteiger partial charge in [0.25, 0.3) is 5.56 Å². The average molecular weight is 376 g/mol. The molecule has 3 rings (SSSR count). The van der Waals surface area contributed by atoms with E-state index in [0.29, 0.717) is 12.2 Å². The molecule has 1 aromatic heterocycles. The number of carbonyl (C=O) groups excluding carboxylic acids is 1. The van der Waals surface area contributed by atoms with Crippen LogP contribution in [0, 0.1) is 0 Å². The molecule has 2 fully saturated rings. The van der Waals surface area contributed by atoms with Crippen molar-refractivity contribution in [3.05, 3.63) is 22.7 Å². The Morgan fingerprint density at radius 2 is 1.96 bits per heavy atom. The van der Waals surface area contributed by atoms with Crippen molar-refractivity contribution < 1.29 is 4.79 Å². The molecule has 2 atom stereocenters. The zero-order chi connectivity index (χ0) is 19.2. The lowest BCUT2D eigenvalue weighted by Crippen LogP contribution is -2.51. The maximum absolute atomic E-state index is 12.6. The fourth-order valence-electron chi connectivity index (χ4n) is 4.18. The van der Waals surface area contributed by atoms with Crippen molar-refractivity contribution in [2.45, 2.75) is 64.0 Å². The van der Waals surface area contributed by atoms with Crippen molar-refractivity contribution in [1.29, 1.82) is 0 Å². The van der Waals surface area contributed by atoms with E-state index in [1.807, 2.05) is 4.90 Å². The van der Waals surface area contributed by atoms with Crippen molar-refractivity contribution in [1.82, 2.24) is 19.8 Å². The first-order valence-electron chi connectivity index (χ1n) is 10.3. The highest BCUT2D eigenvalue weighted by molar-refractivity contribution is 5.76. The van der Waals surface area contributed by atoms with Gasteiger partial charge in [0.2, 0.25) is 5.91 Å². The summed E-state index contributed by atoms with van der Waals surface area (Å²) in [7, 11) is 1.75. The Bertz CT molecular complexity index is 681. The second kappa shape index (κ2) is 9.35. The molecule has 0 aliphatic carbocycles. The molecule has 7 nitrogen and oxygen atoms in total. The summed E-state index contributed by atoms with van der Waals surface area (Å²) in [5.41, 5.74) is -0.0532. The van der Waals surface area contributed by atoms with Gasteiger partial charge in [0.1, 0.15) is 0 Å². The van der Waals surface area contributed by atoms with Gasteiger partial charge < -0.3 is 19.7 Å². The number of nitrogens with zero attached hydrogens (tertiary/aromatic N) is 4. The summed E-state index contributed by atoms with van der Waals surface area (Å²) in [6.07, 6.45) is 10.7. The van der Waals surface area contributed by atoms with Crippen LogP contribution < -0.4 is 15.8 Å². The SMILES string of the molecule is C[C@H](CC(=O)N1CCCCCC1)N[C@@H]1CCCN(c2nccn(C)c2=O)C1. The molecule has 7 heteroatoms. The molecule has 0 bridgehead atoms. The molecule has 2 aliphatic rings. The van der Waals surface area contributed by atoms with E-state index in [2.05, 4.69) is 22.1 Å². The number of amides is 1. The standard InChI is InChI=1S/C20H33N5O2/c1-16(14-18(26)24-10-5-3-4-6-11-24)22-17-8-7-12-25(15-17)19-20(27)23(2)13-9-21-19/h9,13,16-17,22H,3-8,10-12,14-15H2,1-2H3/t16-,17-/m1/s1. The van der Waals surface area contributed by atoms with Gasteiger partial charge in [-0.1, -0.05) is 12.8 Å². The fourth-order valence-corrected chi connectivity index (χ4v) is 4.18. The number of nitrogens with one attached hydrogen (secondary N) is 1. The van der Waals surface area contributed by atoms with Gasteiger partial charge in [-0.15, -0.1) is 0 Å². The maximum Gasteiger partial charge on any atom is 0.293 e. The summed E-state index contributed by atoms with van der Waals surface area (Å²) in [6, 6.07) is 0.412. The number of aromatic nitrogens is 2. The lowest BCUT2D eigenvalue weighted by atomic mass is 10.0. The van der Waals surface area contributed by atoms with Crippen LogP contribution >= 0.6 is 0 Å². The molecule has 1 N–H and O–H groups in total. The van der Waals surface area contributed by atoms with Crippen molar-refractivity contribution in [3.8, 4) is 0 Å². The molecule has 150 valence electrons. The minimum Gasteiger partial charge on any atom is -0.350 e. The molecule has 0 radical (unpaired) electrons. The molecule has 1 aromatic rings. The van der Waals surface area contributed by atoms with Crippen LogP contribution in [0.2, 0.25) is 0 Å². The first-order valence-corrected chi connectivity index (χ1v) is 10.3. The summed E-state index contributed by atoms with van der Waals surface area (Å²) < 4.78 is 1.57. The number of carbonyl (C=O) groups is 1. The summed E-state index contributed by atoms with van der Waals surface area (Å²) >= 11 is 0. The van der Waals surface area contributed by atoms with Crippen LogP contribution in [0.4, 0.5) is 5.82 Å². The highest BCUT2D eigenvalue weighted by atomic mass is 16.2. The predicted molar refractivity (Wildman–Crippen MR) is 107 cm³/mol. The Balaban J connectivity index is 1.53. The number of rotatable bonds is 5. The minimum absolute atomic E-state index is 0.0532. The molecule has 0 unspecified atom stereocenters. The summed E-state index contributed by atoms with van der Waals surface area (Å²) in [5.74, 6) is 0.794. The van der Waals surface area contributed by atoms with Gasteiger partial charge in [0.15, 0.2) is 5.82 Å². The second-order valence-corrected chi connectivity index (χ2v) is 8.02. The first kappa shape index (κ1) is 19.9. The maximum atomic E-state index is 12.6. The molecule has 0 spiro atoms. The van der Waals surface area contributed by atoms with Crippen LogP contribution in [0.5, 0.6) is 0 Å². The molecule has 27 heavy (non-hydrogen) atoms. The first-order chi connectivity index (χ1) is 13.0. The molecule has 1 amide bonds. The van der Waals surface area contributed by atoms with Gasteiger partial charge in [-0.05, 0) is 32.6 Å². The van der Waals surface area contributed by atoms with E-state index < -0.39 is 0 Å². The number of hydrogen-bond acceptors (Lipinski definition) is 5. The largest absolute Gasteiger partial charge is 0.350 e. The number of aryl methyl sites for hydroxylation is 1. The molecule has 3 heterocycles. The third-order valence-electron chi connectivity index (χ3n) is 5.68. The molecule has 0 saturated carbocycles. The number of likely N-dealkylation sites (tertiary alicyclic amines) is 1. The Hall–Kier alpha value is -1.89. The molecule has 2 saturated heterocycles. The predicted octanol–water partition coefficient (Wildman–Crippen LogP) is 1.52. The zero-order valence-corrected chi connectivity index (χ0v) is 16.7. The van der Waals surface area contributed by atoms with Crippen molar-refractivity contribution >= 4 is 11.7 Å². The highest BCUT2D eigenvalue weighted by Crippen LogP contribution is 2.16. The van der Waals surface area contributed by atoms with Crippen molar-refractivity contribution in [3.63, 3.8) is 0 Å². The lowest BCUT2D eigenvalue weighted by Gasteiger charge is -2.35. The average Bonchev–Trinajstić information content (AvgIpc) is 2.93. The zero-order valence-electron chi connectivity index (χ0n) is 16.7.